The molecule has 1 fully saturated rings. The van der Waals surface area contributed by atoms with E-state index in [1.54, 1.807) is 0 Å². The normalized spacial score (nSPS) is 17.4. The molecule has 1 heterocycles. The van der Waals surface area contributed by atoms with Gasteiger partial charge in [0.2, 0.25) is 0 Å². The predicted molar refractivity (Wildman–Crippen MR) is 63.8 cm³/mol. The van der Waals surface area contributed by atoms with Crippen LogP contribution in [-0.4, -0.2) is 52.7 Å². The van der Waals surface area contributed by atoms with Crippen LogP contribution in [0.5, 0.6) is 0 Å². The molecule has 0 aromatic rings. The van der Waals surface area contributed by atoms with Gasteiger partial charge in [0.1, 0.15) is 0 Å². The van der Waals surface area contributed by atoms with Crippen LogP contribution < -0.4 is 5.73 Å². The van der Waals surface area contributed by atoms with Gasteiger partial charge in [0.25, 0.3) is 0 Å². The number of likely N-dealkylation sites (tertiary alicyclic amines) is 1. The Morgan fingerprint density at radius 1 is 1.18 bits per heavy atom. The maximum atomic E-state index is 9.10. The fourth-order valence-corrected chi connectivity index (χ4v) is 1.92. The number of rotatable bonds is 3. The summed E-state index contributed by atoms with van der Waals surface area (Å²) in [5.41, 5.74) is 5.71. The lowest BCUT2D eigenvalue weighted by atomic mass is 10.0. The van der Waals surface area contributed by atoms with Gasteiger partial charge in [0.15, 0.2) is 0 Å². The van der Waals surface area contributed by atoms with Gasteiger partial charge in [-0.15, -0.1) is 0 Å². The van der Waals surface area contributed by atoms with Crippen molar-refractivity contribution in [3.8, 4) is 0 Å². The number of carboxylic acid groups (broad SMARTS) is 2. The van der Waals surface area contributed by atoms with E-state index < -0.39 is 11.9 Å². The number of aliphatic carboxylic acids is 2. The first-order chi connectivity index (χ1) is 7.90. The Balaban J connectivity index is 0.000000366. The summed E-state index contributed by atoms with van der Waals surface area (Å²) in [4.78, 5) is 20.7. The Kier molecular flexibility index (Phi) is 7.49. The first-order valence-electron chi connectivity index (χ1n) is 5.80. The molecule has 1 saturated heterocycles. The van der Waals surface area contributed by atoms with Crippen molar-refractivity contribution in [2.75, 3.05) is 19.6 Å². The zero-order valence-electron chi connectivity index (χ0n) is 10.4. The minimum atomic E-state index is -1.82. The molecule has 1 unspecified atom stereocenters. The maximum absolute atomic E-state index is 9.10. The molecule has 0 spiro atoms. The third-order valence-corrected chi connectivity index (χ3v) is 2.80. The standard InChI is InChI=1S/C9H20N2.C2H2O4/c1-8(2)9(7-10)11-5-3-4-6-11;3-1(4)2(5)6/h8-9H,3-7,10H2,1-2H3;(H,3,4)(H,5,6). The molecular formula is C11H22N2O4. The lowest BCUT2D eigenvalue weighted by molar-refractivity contribution is -0.159. The van der Waals surface area contributed by atoms with Gasteiger partial charge in [-0.1, -0.05) is 13.8 Å². The molecule has 0 aromatic carbocycles. The molecule has 4 N–H and O–H groups in total. The summed E-state index contributed by atoms with van der Waals surface area (Å²) in [6, 6.07) is 0.623. The van der Waals surface area contributed by atoms with Crippen LogP contribution in [0.1, 0.15) is 26.7 Å². The summed E-state index contributed by atoms with van der Waals surface area (Å²) in [6.07, 6.45) is 2.73. The Labute approximate surface area is 101 Å². The van der Waals surface area contributed by atoms with Crippen molar-refractivity contribution in [1.29, 1.82) is 0 Å². The molecule has 0 bridgehead atoms. The molecule has 17 heavy (non-hydrogen) atoms. The molecule has 6 nitrogen and oxygen atoms in total. The Morgan fingerprint density at radius 3 is 1.82 bits per heavy atom. The first kappa shape index (κ1) is 15.9. The second-order valence-corrected chi connectivity index (χ2v) is 4.40. The predicted octanol–water partition coefficient (Wildman–Crippen LogP) is 0.221. The Hall–Kier alpha value is -1.14. The van der Waals surface area contributed by atoms with Crippen molar-refractivity contribution in [1.82, 2.24) is 4.90 Å². The largest absolute Gasteiger partial charge is 0.473 e. The molecule has 1 aliphatic heterocycles. The summed E-state index contributed by atoms with van der Waals surface area (Å²) in [5.74, 6) is -2.94. The number of carbonyl (C=O) groups is 2. The lowest BCUT2D eigenvalue weighted by Crippen LogP contribution is -2.42. The topological polar surface area (TPSA) is 104 Å². The molecule has 6 heteroatoms. The molecule has 1 atom stereocenters. The fraction of sp³-hybridized carbons (Fsp3) is 0.818. The van der Waals surface area contributed by atoms with Crippen molar-refractivity contribution >= 4 is 11.9 Å². The Morgan fingerprint density at radius 2 is 1.59 bits per heavy atom. The average Bonchev–Trinajstić information content (AvgIpc) is 2.72. The summed E-state index contributed by atoms with van der Waals surface area (Å²) in [6.45, 7) is 7.86. The van der Waals surface area contributed by atoms with Crippen LogP contribution in [-0.2, 0) is 9.59 Å². The zero-order chi connectivity index (χ0) is 13.4. The third kappa shape index (κ3) is 6.23. The zero-order valence-corrected chi connectivity index (χ0v) is 10.4. The van der Waals surface area contributed by atoms with Gasteiger partial charge >= 0.3 is 11.9 Å². The molecule has 0 saturated carbocycles. The molecule has 0 amide bonds. The number of hydrogen-bond donors (Lipinski definition) is 3. The van der Waals surface area contributed by atoms with E-state index in [0.717, 1.165) is 6.54 Å². The van der Waals surface area contributed by atoms with Crippen LogP contribution in [0.4, 0.5) is 0 Å². The summed E-state index contributed by atoms with van der Waals surface area (Å²) < 4.78 is 0. The van der Waals surface area contributed by atoms with Gasteiger partial charge in [-0.2, -0.15) is 0 Å². The molecule has 1 aliphatic rings. The van der Waals surface area contributed by atoms with E-state index in [9.17, 15) is 0 Å². The van der Waals surface area contributed by atoms with Gasteiger partial charge in [0, 0.05) is 12.6 Å². The number of nitrogens with zero attached hydrogens (tertiary/aromatic N) is 1. The van der Waals surface area contributed by atoms with Crippen LogP contribution in [0.25, 0.3) is 0 Å². The Bertz CT molecular complexity index is 238. The summed E-state index contributed by atoms with van der Waals surface area (Å²) in [7, 11) is 0. The van der Waals surface area contributed by atoms with Crippen molar-refractivity contribution in [3.63, 3.8) is 0 Å². The van der Waals surface area contributed by atoms with E-state index in [1.165, 1.54) is 25.9 Å². The van der Waals surface area contributed by atoms with Crippen LogP contribution in [0.15, 0.2) is 0 Å². The number of carboxylic acids is 2. The van der Waals surface area contributed by atoms with Gasteiger partial charge in [-0.25, -0.2) is 9.59 Å². The smallest absolute Gasteiger partial charge is 0.414 e. The van der Waals surface area contributed by atoms with Gasteiger partial charge in [-0.05, 0) is 31.8 Å². The van der Waals surface area contributed by atoms with E-state index in [-0.39, 0.29) is 0 Å². The van der Waals surface area contributed by atoms with Crippen LogP contribution >= 0.6 is 0 Å². The van der Waals surface area contributed by atoms with E-state index in [2.05, 4.69) is 18.7 Å². The highest BCUT2D eigenvalue weighted by Crippen LogP contribution is 2.16. The third-order valence-electron chi connectivity index (χ3n) is 2.80. The molecule has 0 aromatic heterocycles. The average molecular weight is 246 g/mol. The molecule has 100 valence electrons. The summed E-state index contributed by atoms with van der Waals surface area (Å²) in [5, 5.41) is 14.8. The van der Waals surface area contributed by atoms with Gasteiger partial charge < -0.3 is 15.9 Å². The van der Waals surface area contributed by atoms with E-state index in [1.807, 2.05) is 0 Å². The van der Waals surface area contributed by atoms with Crippen molar-refractivity contribution in [3.05, 3.63) is 0 Å². The molecular weight excluding hydrogens is 224 g/mol. The van der Waals surface area contributed by atoms with Crippen molar-refractivity contribution in [2.45, 2.75) is 32.7 Å². The highest BCUT2D eigenvalue weighted by molar-refractivity contribution is 6.27. The lowest BCUT2D eigenvalue weighted by Gasteiger charge is -2.29. The monoisotopic (exact) mass is 246 g/mol. The first-order valence-corrected chi connectivity index (χ1v) is 5.80. The number of nitrogens with two attached hydrogens (primary N) is 1. The van der Waals surface area contributed by atoms with Crippen molar-refractivity contribution in [2.24, 2.45) is 11.7 Å². The number of hydrogen-bond acceptors (Lipinski definition) is 4. The fourth-order valence-electron chi connectivity index (χ4n) is 1.92. The minimum Gasteiger partial charge on any atom is -0.473 e. The highest BCUT2D eigenvalue weighted by atomic mass is 16.4. The molecule has 0 aliphatic carbocycles. The highest BCUT2D eigenvalue weighted by Gasteiger charge is 2.22. The van der Waals surface area contributed by atoms with E-state index >= 15 is 0 Å². The van der Waals surface area contributed by atoms with Gasteiger partial charge in [0.05, 0.1) is 0 Å². The quantitative estimate of drug-likeness (QED) is 0.615. The maximum Gasteiger partial charge on any atom is 0.414 e. The van der Waals surface area contributed by atoms with E-state index in [4.69, 9.17) is 25.5 Å². The summed E-state index contributed by atoms with van der Waals surface area (Å²) >= 11 is 0. The second-order valence-electron chi connectivity index (χ2n) is 4.40. The molecule has 1 rings (SSSR count). The minimum absolute atomic E-state index is 0.623. The van der Waals surface area contributed by atoms with Crippen LogP contribution in [0.3, 0.4) is 0 Å². The van der Waals surface area contributed by atoms with Crippen LogP contribution in [0, 0.1) is 5.92 Å². The van der Waals surface area contributed by atoms with Crippen molar-refractivity contribution < 1.29 is 19.8 Å². The van der Waals surface area contributed by atoms with E-state index in [0.29, 0.717) is 12.0 Å². The van der Waals surface area contributed by atoms with Gasteiger partial charge in [-0.3, -0.25) is 4.90 Å². The molecule has 0 radical (unpaired) electrons. The SMILES string of the molecule is CC(C)C(CN)N1CCCC1.O=C(O)C(=O)O. The van der Waals surface area contributed by atoms with Crippen LogP contribution in [0.2, 0.25) is 0 Å². The second kappa shape index (κ2) is 8.03.